The maximum absolute atomic E-state index is 12.7. The van der Waals surface area contributed by atoms with Gasteiger partial charge in [-0.25, -0.2) is 13.2 Å². The summed E-state index contributed by atoms with van der Waals surface area (Å²) in [6.45, 7) is 3.57. The predicted octanol–water partition coefficient (Wildman–Crippen LogP) is 3.26. The molecule has 0 radical (unpaired) electrons. The largest absolute Gasteiger partial charge is 0.457 e. The van der Waals surface area contributed by atoms with Crippen molar-refractivity contribution in [1.82, 2.24) is 4.72 Å². The zero-order chi connectivity index (χ0) is 18.7. The van der Waals surface area contributed by atoms with Gasteiger partial charge in [0, 0.05) is 15.9 Å². The van der Waals surface area contributed by atoms with E-state index in [0.717, 1.165) is 10.5 Å². The molecule has 1 N–H and O–H groups in total. The first-order valence-corrected chi connectivity index (χ1v) is 10.4. The molecule has 1 aliphatic heterocycles. The zero-order valence-electron chi connectivity index (χ0n) is 14.4. The van der Waals surface area contributed by atoms with Crippen molar-refractivity contribution in [3.8, 4) is 0 Å². The molecule has 7 heteroatoms. The van der Waals surface area contributed by atoms with Crippen LogP contribution in [0.25, 0.3) is 0 Å². The van der Waals surface area contributed by atoms with Crippen LogP contribution in [0, 0.1) is 6.92 Å². The molecule has 0 aliphatic carbocycles. The van der Waals surface area contributed by atoms with E-state index in [1.165, 1.54) is 17.8 Å². The Labute approximate surface area is 157 Å². The van der Waals surface area contributed by atoms with Crippen LogP contribution in [0.2, 0.25) is 0 Å². The average molecular weight is 389 g/mol. The van der Waals surface area contributed by atoms with Gasteiger partial charge < -0.3 is 4.74 Å². The lowest BCUT2D eigenvalue weighted by atomic mass is 10.1. The molecule has 3 rings (SSSR count). The van der Waals surface area contributed by atoms with Gasteiger partial charge in [-0.2, -0.15) is 4.72 Å². The van der Waals surface area contributed by atoms with Crippen molar-refractivity contribution < 1.29 is 17.9 Å². The van der Waals surface area contributed by atoms with Crippen molar-refractivity contribution in [2.24, 2.45) is 0 Å². The van der Waals surface area contributed by atoms with Gasteiger partial charge >= 0.3 is 5.97 Å². The Bertz CT molecular complexity index is 922. The van der Waals surface area contributed by atoms with Gasteiger partial charge in [-0.1, -0.05) is 47.7 Å². The monoisotopic (exact) mass is 389 g/mol. The van der Waals surface area contributed by atoms with Crippen LogP contribution in [0.1, 0.15) is 12.5 Å². The number of carbonyl (C=O) groups is 1. The Morgan fingerprint density at radius 1 is 1.04 bits per heavy atom. The second-order valence-corrected chi connectivity index (χ2v) is 8.88. The molecule has 5 nitrogen and oxygen atoms in total. The summed E-state index contributed by atoms with van der Waals surface area (Å²) in [7, 11) is -3.75. The smallest absolute Gasteiger partial charge is 0.331 e. The van der Waals surface area contributed by atoms with Crippen molar-refractivity contribution in [3.63, 3.8) is 0 Å². The third-order valence-electron chi connectivity index (χ3n) is 3.93. The second kappa shape index (κ2) is 7.65. The number of nitrogens with one attached hydrogen (secondary N) is 1. The molecular formula is C19H19NO4S2. The number of carbonyl (C=O) groups excluding carboxylic acids is 1. The molecule has 0 spiro atoms. The molecule has 1 heterocycles. The molecule has 0 saturated heterocycles. The van der Waals surface area contributed by atoms with E-state index >= 15 is 0 Å². The van der Waals surface area contributed by atoms with Crippen LogP contribution in [0.3, 0.4) is 0 Å². The van der Waals surface area contributed by atoms with E-state index in [1.54, 1.807) is 31.2 Å². The van der Waals surface area contributed by atoms with Crippen LogP contribution in [-0.2, 0) is 19.6 Å². The highest BCUT2D eigenvalue weighted by Crippen LogP contribution is 2.33. The molecule has 0 aromatic heterocycles. The molecule has 26 heavy (non-hydrogen) atoms. The fourth-order valence-corrected chi connectivity index (χ4v) is 5.00. The Balaban J connectivity index is 1.88. The molecule has 0 amide bonds. The molecular weight excluding hydrogens is 370 g/mol. The average Bonchev–Trinajstić information content (AvgIpc) is 2.59. The number of hydrogen-bond donors (Lipinski definition) is 1. The van der Waals surface area contributed by atoms with E-state index in [1.807, 2.05) is 37.3 Å². The topological polar surface area (TPSA) is 72.5 Å². The normalized spacial score (nSPS) is 20.4. The summed E-state index contributed by atoms with van der Waals surface area (Å²) < 4.78 is 33.4. The molecule has 0 saturated carbocycles. The fourth-order valence-electron chi connectivity index (χ4n) is 2.55. The van der Waals surface area contributed by atoms with Gasteiger partial charge in [0.05, 0.1) is 10.9 Å². The third-order valence-corrected chi connectivity index (χ3v) is 6.50. The van der Waals surface area contributed by atoms with E-state index in [4.69, 9.17) is 4.74 Å². The van der Waals surface area contributed by atoms with Gasteiger partial charge in [-0.15, -0.1) is 0 Å². The van der Waals surface area contributed by atoms with Gasteiger partial charge in [0.2, 0.25) is 10.0 Å². The molecule has 2 atom stereocenters. The Morgan fingerprint density at radius 2 is 1.69 bits per heavy atom. The number of rotatable bonds is 5. The number of cyclic esters (lactones) is 1. The van der Waals surface area contributed by atoms with E-state index < -0.39 is 28.1 Å². The van der Waals surface area contributed by atoms with Crippen molar-refractivity contribution >= 4 is 27.8 Å². The number of ether oxygens (including phenoxy) is 1. The Kier molecular flexibility index (Phi) is 5.50. The van der Waals surface area contributed by atoms with Gasteiger partial charge in [0.1, 0.15) is 6.10 Å². The van der Waals surface area contributed by atoms with Crippen molar-refractivity contribution in [2.75, 3.05) is 0 Å². The summed E-state index contributed by atoms with van der Waals surface area (Å²) >= 11 is 1.35. The van der Waals surface area contributed by atoms with Crippen molar-refractivity contribution in [1.29, 1.82) is 0 Å². The summed E-state index contributed by atoms with van der Waals surface area (Å²) in [4.78, 5) is 13.5. The summed E-state index contributed by atoms with van der Waals surface area (Å²) in [5, 5.41) is 0. The molecule has 0 unspecified atom stereocenters. The SMILES string of the molecule is Cc1ccc(S(=O)(=O)N[C@H]2C(Sc3ccccc3)=CC(=O)O[C@@H]2C)cc1. The van der Waals surface area contributed by atoms with E-state index in [2.05, 4.69) is 4.72 Å². The predicted molar refractivity (Wildman–Crippen MR) is 101 cm³/mol. The lowest BCUT2D eigenvalue weighted by molar-refractivity contribution is -0.144. The van der Waals surface area contributed by atoms with Crippen LogP contribution < -0.4 is 4.72 Å². The number of benzene rings is 2. The molecule has 2 aromatic carbocycles. The molecule has 1 aliphatic rings. The first kappa shape index (κ1) is 18.7. The summed E-state index contributed by atoms with van der Waals surface area (Å²) in [6, 6.07) is 15.4. The number of sulfonamides is 1. The highest BCUT2D eigenvalue weighted by molar-refractivity contribution is 8.03. The number of esters is 1. The van der Waals surface area contributed by atoms with Gasteiger partial charge in [-0.05, 0) is 38.1 Å². The Morgan fingerprint density at radius 3 is 2.35 bits per heavy atom. The van der Waals surface area contributed by atoms with Crippen molar-refractivity contribution in [3.05, 3.63) is 71.1 Å². The van der Waals surface area contributed by atoms with Crippen LogP contribution in [0.15, 0.2) is 75.4 Å². The fraction of sp³-hybridized carbons (Fsp3) is 0.211. The maximum Gasteiger partial charge on any atom is 0.331 e. The maximum atomic E-state index is 12.7. The van der Waals surface area contributed by atoms with Gasteiger partial charge in [0.25, 0.3) is 0 Å². The van der Waals surface area contributed by atoms with Crippen LogP contribution in [0.5, 0.6) is 0 Å². The standard InChI is InChI=1S/C19H19NO4S2/c1-13-8-10-16(11-9-13)26(22,23)20-19-14(2)24-18(21)12-17(19)25-15-6-4-3-5-7-15/h3-12,14,19-20H,1-2H3/t14-,19-/m1/s1. The minimum atomic E-state index is -3.75. The molecule has 136 valence electrons. The molecule has 2 aromatic rings. The molecule has 0 fully saturated rings. The zero-order valence-corrected chi connectivity index (χ0v) is 16.0. The van der Waals surface area contributed by atoms with Crippen LogP contribution in [0.4, 0.5) is 0 Å². The lowest BCUT2D eigenvalue weighted by Crippen LogP contribution is -2.46. The summed E-state index contributed by atoms with van der Waals surface area (Å²) in [5.41, 5.74) is 0.976. The highest BCUT2D eigenvalue weighted by atomic mass is 32.2. The number of hydrogen-bond acceptors (Lipinski definition) is 5. The summed E-state index contributed by atoms with van der Waals surface area (Å²) in [6.07, 6.45) is 0.735. The van der Waals surface area contributed by atoms with Gasteiger partial charge in [0.15, 0.2) is 0 Å². The van der Waals surface area contributed by atoms with Crippen molar-refractivity contribution in [2.45, 2.75) is 35.8 Å². The minimum Gasteiger partial charge on any atom is -0.457 e. The lowest BCUT2D eigenvalue weighted by Gasteiger charge is -2.30. The first-order chi connectivity index (χ1) is 12.3. The van der Waals surface area contributed by atoms with Crippen LogP contribution >= 0.6 is 11.8 Å². The Hall–Kier alpha value is -2.09. The minimum absolute atomic E-state index is 0.177. The second-order valence-electron chi connectivity index (χ2n) is 6.02. The van der Waals surface area contributed by atoms with Crippen LogP contribution in [-0.4, -0.2) is 26.5 Å². The number of thioether (sulfide) groups is 1. The first-order valence-electron chi connectivity index (χ1n) is 8.09. The van der Waals surface area contributed by atoms with E-state index in [-0.39, 0.29) is 4.90 Å². The summed E-state index contributed by atoms with van der Waals surface area (Å²) in [5.74, 6) is -0.471. The van der Waals surface area contributed by atoms with E-state index in [0.29, 0.717) is 4.91 Å². The van der Waals surface area contributed by atoms with Gasteiger partial charge in [-0.3, -0.25) is 0 Å². The third kappa shape index (κ3) is 4.35. The highest BCUT2D eigenvalue weighted by Gasteiger charge is 2.34. The molecule has 0 bridgehead atoms. The quantitative estimate of drug-likeness (QED) is 0.795. The number of aryl methyl sites for hydroxylation is 1. The van der Waals surface area contributed by atoms with E-state index in [9.17, 15) is 13.2 Å².